The summed E-state index contributed by atoms with van der Waals surface area (Å²) in [5.74, 6) is 1.90. The number of hydrogen-bond donors (Lipinski definition) is 1. The van der Waals surface area contributed by atoms with Gasteiger partial charge in [-0.2, -0.15) is 0 Å². The maximum Gasteiger partial charge on any atom is 0.410 e. The molecule has 5 heterocycles. The van der Waals surface area contributed by atoms with E-state index in [4.69, 9.17) is 20.5 Å². The average Bonchev–Trinajstić information content (AvgIpc) is 3.61. The first-order chi connectivity index (χ1) is 29.2. The number of nitrogens with zero attached hydrogens (tertiary/aromatic N) is 7. The molecule has 10 rings (SSSR count). The minimum atomic E-state index is -0.525. The Morgan fingerprint density at radius 3 is 1.80 bits per heavy atom. The van der Waals surface area contributed by atoms with Crippen LogP contribution in [0.2, 0.25) is 0 Å². The molecular formula is C48H54N8O4. The van der Waals surface area contributed by atoms with Gasteiger partial charge in [0.25, 0.3) is 11.8 Å². The topological polar surface area (TPSA) is 127 Å². The molecule has 310 valence electrons. The summed E-state index contributed by atoms with van der Waals surface area (Å²) in [6, 6.07) is 28.6. The Labute approximate surface area is 352 Å². The summed E-state index contributed by atoms with van der Waals surface area (Å²) in [4.78, 5) is 57.5. The summed E-state index contributed by atoms with van der Waals surface area (Å²) < 4.78 is 5.28. The minimum Gasteiger partial charge on any atom is -0.450 e. The van der Waals surface area contributed by atoms with Gasteiger partial charge in [0.2, 0.25) is 0 Å². The predicted molar refractivity (Wildman–Crippen MR) is 236 cm³/mol. The van der Waals surface area contributed by atoms with Gasteiger partial charge in [-0.1, -0.05) is 48.5 Å². The largest absolute Gasteiger partial charge is 0.450 e. The zero-order valence-electron chi connectivity index (χ0n) is 34.7. The van der Waals surface area contributed by atoms with Crippen molar-refractivity contribution in [1.29, 1.82) is 0 Å². The third-order valence-electron chi connectivity index (χ3n) is 12.7. The second kappa shape index (κ2) is 16.6. The number of ether oxygens (including phenoxy) is 1. The lowest BCUT2D eigenvalue weighted by atomic mass is 10.00. The molecule has 3 fully saturated rings. The molecule has 12 nitrogen and oxygen atoms in total. The highest BCUT2D eigenvalue weighted by atomic mass is 16.6. The van der Waals surface area contributed by atoms with Crippen molar-refractivity contribution >= 4 is 41.0 Å². The van der Waals surface area contributed by atoms with Crippen LogP contribution in [0, 0.1) is 0 Å². The molecule has 1 aliphatic carbocycles. The number of carbonyl (C=O) groups excluding carboxylic acids is 3. The standard InChI is InChI=1S/C25H28N4O3.C23H26N4O/c1-2-32-24(31)29-16-20-10-9-19(15-21(20)27-23(26)25(29)11-12-25)17-5-7-18(8-6-17)22(30)28-13-3-4-14-28;1-25-15-20-9-8-19(14-21(20)27-13-10-24-22(27)16-25)17-4-6-18(7-5-17)23(28)26-11-2-3-12-26/h5-10,15H,2-4,11-14,16H2,1H3,(H2,26,27);4-9,14H,2-3,10-13,15-16H2,1H3. The van der Waals surface area contributed by atoms with Crippen LogP contribution in [0.4, 0.5) is 16.2 Å². The lowest BCUT2D eigenvalue weighted by molar-refractivity contribution is 0.0785. The number of amides is 3. The number of rotatable bonds is 5. The predicted octanol–water partition coefficient (Wildman–Crippen LogP) is 7.34. The fourth-order valence-electron chi connectivity index (χ4n) is 9.18. The zero-order valence-corrected chi connectivity index (χ0v) is 34.7. The van der Waals surface area contributed by atoms with Gasteiger partial charge in [-0.25, -0.2) is 9.79 Å². The lowest BCUT2D eigenvalue weighted by Gasteiger charge is -2.29. The molecule has 0 atom stereocenters. The van der Waals surface area contributed by atoms with E-state index in [2.05, 4.69) is 47.2 Å². The number of likely N-dealkylation sites (tertiary alicyclic amines) is 2. The van der Waals surface area contributed by atoms with Crippen molar-refractivity contribution in [3.05, 3.63) is 107 Å². The third kappa shape index (κ3) is 7.76. The zero-order chi connectivity index (χ0) is 41.4. The van der Waals surface area contributed by atoms with E-state index < -0.39 is 5.54 Å². The number of amidine groups is 2. The van der Waals surface area contributed by atoms with E-state index in [-0.39, 0.29) is 17.9 Å². The van der Waals surface area contributed by atoms with Crippen molar-refractivity contribution in [2.24, 2.45) is 15.7 Å². The number of nitrogens with two attached hydrogens (primary N) is 1. The number of carbonyl (C=O) groups is 3. The third-order valence-corrected chi connectivity index (χ3v) is 12.7. The molecule has 0 radical (unpaired) electrons. The van der Waals surface area contributed by atoms with E-state index in [0.717, 1.165) is 124 Å². The molecule has 12 heteroatoms. The molecule has 60 heavy (non-hydrogen) atoms. The Morgan fingerprint density at radius 2 is 1.23 bits per heavy atom. The minimum absolute atomic E-state index is 0.0992. The summed E-state index contributed by atoms with van der Waals surface area (Å²) in [7, 11) is 2.15. The van der Waals surface area contributed by atoms with E-state index in [1.54, 1.807) is 11.8 Å². The van der Waals surface area contributed by atoms with E-state index in [1.807, 2.05) is 64.4 Å². The molecule has 5 aliphatic heterocycles. The molecule has 6 aliphatic rings. The second-order valence-corrected chi connectivity index (χ2v) is 16.8. The van der Waals surface area contributed by atoms with E-state index in [1.165, 1.54) is 22.6 Å². The maximum atomic E-state index is 12.6. The van der Waals surface area contributed by atoms with Crippen LogP contribution in [0.5, 0.6) is 0 Å². The summed E-state index contributed by atoms with van der Waals surface area (Å²) in [5, 5.41) is 0. The Hall–Kier alpha value is -6.01. The molecule has 2 N–H and O–H groups in total. The van der Waals surface area contributed by atoms with Crippen LogP contribution in [0.15, 0.2) is 94.9 Å². The number of benzene rings is 4. The number of fused-ring (bicyclic) bond motifs is 4. The summed E-state index contributed by atoms with van der Waals surface area (Å²) >= 11 is 0. The second-order valence-electron chi connectivity index (χ2n) is 16.8. The molecular weight excluding hydrogens is 753 g/mol. The highest BCUT2D eigenvalue weighted by Gasteiger charge is 2.55. The molecule has 1 spiro atoms. The summed E-state index contributed by atoms with van der Waals surface area (Å²) in [6.07, 6.45) is 5.66. The first kappa shape index (κ1) is 39.5. The number of anilines is 1. The average molecular weight is 807 g/mol. The van der Waals surface area contributed by atoms with Crippen LogP contribution in [0.3, 0.4) is 0 Å². The number of hydrogen-bond acceptors (Lipinski definition) is 9. The van der Waals surface area contributed by atoms with Gasteiger partial charge in [-0.15, -0.1) is 0 Å². The van der Waals surface area contributed by atoms with Crippen molar-refractivity contribution in [2.75, 3.05) is 64.4 Å². The maximum absolute atomic E-state index is 12.6. The van der Waals surface area contributed by atoms with E-state index in [9.17, 15) is 14.4 Å². The van der Waals surface area contributed by atoms with Gasteiger partial charge in [-0.3, -0.25) is 24.4 Å². The monoisotopic (exact) mass is 806 g/mol. The SMILES string of the molecule is CCOC(=O)N1Cc2ccc(-c3ccc(C(=O)N4CCCC4)cc3)cc2N=C(N)C12CC2.CN1CC2=NCCN2c2cc(-c3ccc(C(=O)N4CCCC4)cc3)ccc2C1. The molecule has 0 unspecified atom stereocenters. The van der Waals surface area contributed by atoms with Crippen LogP contribution in [-0.2, 0) is 17.8 Å². The van der Waals surface area contributed by atoms with Crippen LogP contribution in [-0.4, -0.2) is 114 Å². The molecule has 4 aromatic carbocycles. The summed E-state index contributed by atoms with van der Waals surface area (Å²) in [6.45, 7) is 9.68. The Morgan fingerprint density at radius 1 is 0.683 bits per heavy atom. The van der Waals surface area contributed by atoms with Crippen LogP contribution in [0.25, 0.3) is 22.3 Å². The van der Waals surface area contributed by atoms with Gasteiger partial charge in [0, 0.05) is 56.1 Å². The van der Waals surface area contributed by atoms with Crippen LogP contribution in [0.1, 0.15) is 77.3 Å². The van der Waals surface area contributed by atoms with Crippen molar-refractivity contribution in [3.8, 4) is 22.3 Å². The Kier molecular flexibility index (Phi) is 10.9. The molecule has 2 saturated heterocycles. The van der Waals surface area contributed by atoms with Crippen molar-refractivity contribution in [2.45, 2.75) is 64.1 Å². The fraction of sp³-hybridized carbons (Fsp3) is 0.396. The van der Waals surface area contributed by atoms with E-state index >= 15 is 0 Å². The molecule has 4 aromatic rings. The van der Waals surface area contributed by atoms with Crippen molar-refractivity contribution < 1.29 is 19.1 Å². The highest BCUT2D eigenvalue weighted by Crippen LogP contribution is 2.46. The normalized spacial score (nSPS) is 19.0. The van der Waals surface area contributed by atoms with Crippen molar-refractivity contribution in [3.63, 3.8) is 0 Å². The molecule has 1 saturated carbocycles. The highest BCUT2D eigenvalue weighted by molar-refractivity contribution is 6.03. The smallest absolute Gasteiger partial charge is 0.410 e. The first-order valence-corrected chi connectivity index (χ1v) is 21.5. The van der Waals surface area contributed by atoms with Gasteiger partial charge >= 0.3 is 6.09 Å². The van der Waals surface area contributed by atoms with Crippen molar-refractivity contribution in [1.82, 2.24) is 19.6 Å². The Balaban J connectivity index is 0.000000155. The lowest BCUT2D eigenvalue weighted by Crippen LogP contribution is -2.49. The number of likely N-dealkylation sites (N-methyl/N-ethyl adjacent to an activating group) is 1. The van der Waals surface area contributed by atoms with Gasteiger partial charge in [0.05, 0.1) is 31.9 Å². The quantitative estimate of drug-likeness (QED) is 0.224. The molecule has 0 bridgehead atoms. The van der Waals surface area contributed by atoms with Crippen LogP contribution >= 0.6 is 0 Å². The molecule has 3 amide bonds. The van der Waals surface area contributed by atoms with Gasteiger partial charge in [0.15, 0.2) is 0 Å². The van der Waals surface area contributed by atoms with E-state index in [0.29, 0.717) is 24.6 Å². The van der Waals surface area contributed by atoms with Gasteiger partial charge in [-0.05, 0) is 122 Å². The van der Waals surface area contributed by atoms with Gasteiger partial charge < -0.3 is 25.2 Å². The molecule has 0 aromatic heterocycles. The fourth-order valence-corrected chi connectivity index (χ4v) is 9.18. The number of aliphatic imine (C=N–C) groups is 2. The Bertz CT molecular complexity index is 2340. The van der Waals surface area contributed by atoms with Crippen LogP contribution < -0.4 is 10.6 Å². The van der Waals surface area contributed by atoms with Gasteiger partial charge in [0.1, 0.15) is 17.2 Å². The summed E-state index contributed by atoms with van der Waals surface area (Å²) in [5.41, 5.74) is 16.0. The first-order valence-electron chi connectivity index (χ1n) is 21.5.